The van der Waals surface area contributed by atoms with Crippen LogP contribution in [0, 0.1) is 6.07 Å². The van der Waals surface area contributed by atoms with Gasteiger partial charge in [-0.1, -0.05) is 133 Å². The van der Waals surface area contributed by atoms with Gasteiger partial charge in [-0.15, -0.1) is 34.6 Å². The van der Waals surface area contributed by atoms with Crippen molar-refractivity contribution in [3.05, 3.63) is 135 Å². The maximum absolute atomic E-state index is 5.06. The van der Waals surface area contributed by atoms with Gasteiger partial charge < -0.3 is 16.1 Å². The summed E-state index contributed by atoms with van der Waals surface area (Å²) in [5.41, 5.74) is 9.48. The van der Waals surface area contributed by atoms with Crippen molar-refractivity contribution in [3.63, 3.8) is 0 Å². The normalized spacial score (nSPS) is 10.3. The van der Waals surface area contributed by atoms with Crippen LogP contribution in [0.5, 0.6) is 0 Å². The van der Waals surface area contributed by atoms with E-state index in [0.29, 0.717) is 36.8 Å². The van der Waals surface area contributed by atoms with E-state index in [1.807, 2.05) is 30.3 Å². The molecule has 0 spiro atoms. The second-order valence-electron chi connectivity index (χ2n) is 11.6. The molecule has 0 N–H and O–H groups in total. The Balaban J connectivity index is 0.00000153. The average Bonchev–Trinajstić information content (AvgIpc) is 3.00. The van der Waals surface area contributed by atoms with Crippen molar-refractivity contribution in [2.24, 2.45) is 0 Å². The Kier molecular flexibility index (Phi) is 21.8. The summed E-state index contributed by atoms with van der Waals surface area (Å²) in [6.07, 6.45) is 0. The fraction of sp³-hybridized carbons (Fsp3) is 0.395. The summed E-state index contributed by atoms with van der Waals surface area (Å²) in [4.78, 5) is 4.91. The molecule has 4 rings (SSSR count). The molecule has 0 atom stereocenters. The van der Waals surface area contributed by atoms with Crippen molar-refractivity contribution in [2.75, 3.05) is 5.34 Å². The minimum Gasteiger partial charge on any atom is -2.00 e. The minimum absolute atomic E-state index is 0. The van der Waals surface area contributed by atoms with E-state index in [0.717, 1.165) is 22.8 Å². The number of benzene rings is 3. The molecular weight excluding hydrogens is 772 g/mol. The molecule has 0 aliphatic carbocycles. The van der Waals surface area contributed by atoms with E-state index < -0.39 is 0 Å². The van der Waals surface area contributed by atoms with Gasteiger partial charge in [0.25, 0.3) is 0 Å². The molecule has 0 aliphatic rings. The van der Waals surface area contributed by atoms with Gasteiger partial charge >= 0.3 is 0 Å². The van der Waals surface area contributed by atoms with E-state index in [1.165, 1.54) is 22.3 Å². The van der Waals surface area contributed by atoms with E-state index in [4.69, 9.17) is 38.8 Å². The zero-order valence-corrected chi connectivity index (χ0v) is 32.1. The summed E-state index contributed by atoms with van der Waals surface area (Å²) < 4.78 is 0. The Labute approximate surface area is 296 Å². The predicted octanol–water partition coefficient (Wildman–Crippen LogP) is 12.8. The monoisotopic (exact) mass is 819 g/mol. The summed E-state index contributed by atoms with van der Waals surface area (Å²) in [6.45, 7) is 19.0. The van der Waals surface area contributed by atoms with Crippen LogP contribution in [0.25, 0.3) is 10.6 Å². The van der Waals surface area contributed by atoms with Crippen LogP contribution >= 0.6 is 23.2 Å². The van der Waals surface area contributed by atoms with E-state index in [9.17, 15) is 0 Å². The SMILES string of the molecule is CC(C)c1cccc(C(C)C)c1[N-]Cc1cccc(C[N-]c2c(C(C)C)cccc2C(C)C)n1.ClCCl.[O-2].[Re].[c-]1ccccc1. The fourth-order valence-corrected chi connectivity index (χ4v) is 4.76. The van der Waals surface area contributed by atoms with Gasteiger partial charge in [-0.2, -0.15) is 36.4 Å². The zero-order chi connectivity index (χ0) is 31.8. The number of para-hydroxylation sites is 2. The van der Waals surface area contributed by atoms with E-state index >= 15 is 0 Å². The quantitative estimate of drug-likeness (QED) is 0.116. The van der Waals surface area contributed by atoms with Crippen LogP contribution in [0.3, 0.4) is 0 Å². The summed E-state index contributed by atoms with van der Waals surface area (Å²) in [5, 5.41) is 10.3. The standard InChI is InChI=1S/C31H41N3.C6H5.CH2Cl2.O.Re/c1-20(2)26-14-10-15-27(21(3)4)30(26)32-18-24-12-9-13-25(34-24)19-33-31-28(22(5)6)16-11-17-29(31)23(7)8;1-2-4-6-5-3-1;2-1-3;;/h9-17,20-23H,18-19H2,1-8H3;1-5H;1H2;;/q-2;-1;;-2;. The summed E-state index contributed by atoms with van der Waals surface area (Å²) in [7, 11) is 0. The third-order valence-corrected chi connectivity index (χ3v) is 6.95. The van der Waals surface area contributed by atoms with Crippen molar-refractivity contribution in [1.82, 2.24) is 4.98 Å². The predicted molar refractivity (Wildman–Crippen MR) is 189 cm³/mol. The average molecular weight is 820 g/mol. The van der Waals surface area contributed by atoms with Gasteiger partial charge in [-0.3, -0.25) is 4.98 Å². The first-order chi connectivity index (χ1) is 20.6. The number of hydrogen-bond acceptors (Lipinski definition) is 1. The van der Waals surface area contributed by atoms with Crippen LogP contribution < -0.4 is 0 Å². The first-order valence-electron chi connectivity index (χ1n) is 15.2. The number of pyridine rings is 1. The summed E-state index contributed by atoms with van der Waals surface area (Å²) in [5.74, 6) is 1.75. The molecule has 0 bridgehead atoms. The third-order valence-electron chi connectivity index (χ3n) is 6.95. The molecule has 4 aromatic rings. The topological polar surface area (TPSA) is 69.6 Å². The molecule has 0 aliphatic heterocycles. The molecule has 1 aromatic heterocycles. The Morgan fingerprint density at radius 1 is 0.556 bits per heavy atom. The fourth-order valence-electron chi connectivity index (χ4n) is 4.76. The van der Waals surface area contributed by atoms with Crippen molar-refractivity contribution in [1.29, 1.82) is 0 Å². The van der Waals surface area contributed by atoms with Gasteiger partial charge in [0.2, 0.25) is 0 Å². The number of halogens is 2. The largest absolute Gasteiger partial charge is 2.00 e. The van der Waals surface area contributed by atoms with Crippen molar-refractivity contribution in [2.45, 2.75) is 92.2 Å². The number of hydrogen-bond donors (Lipinski definition) is 0. The van der Waals surface area contributed by atoms with E-state index in [2.05, 4.69) is 116 Å². The van der Waals surface area contributed by atoms with Gasteiger partial charge in [0.05, 0.1) is 5.34 Å². The van der Waals surface area contributed by atoms with Crippen LogP contribution in [0.15, 0.2) is 84.9 Å². The van der Waals surface area contributed by atoms with Gasteiger partial charge in [0.15, 0.2) is 0 Å². The van der Waals surface area contributed by atoms with Crippen molar-refractivity contribution in [3.8, 4) is 0 Å². The summed E-state index contributed by atoms with van der Waals surface area (Å²) >= 11 is 9.53. The molecule has 1 radical (unpaired) electrons. The molecule has 0 saturated carbocycles. The molecule has 0 fully saturated rings. The van der Waals surface area contributed by atoms with Crippen LogP contribution in [-0.4, -0.2) is 10.3 Å². The molecule has 3 aromatic carbocycles. The smallest absolute Gasteiger partial charge is 0.0967 e. The maximum Gasteiger partial charge on any atom is 0.0967 e. The van der Waals surface area contributed by atoms with Crippen LogP contribution in [0.2, 0.25) is 0 Å². The molecule has 7 heteroatoms. The minimum atomic E-state index is 0. The molecule has 247 valence electrons. The molecule has 45 heavy (non-hydrogen) atoms. The third kappa shape index (κ3) is 14.3. The Morgan fingerprint density at radius 3 is 1.11 bits per heavy atom. The second kappa shape index (κ2) is 23.0. The molecule has 0 saturated heterocycles. The number of rotatable bonds is 10. The van der Waals surface area contributed by atoms with Crippen LogP contribution in [-0.2, 0) is 39.0 Å². The zero-order valence-electron chi connectivity index (χ0n) is 27.9. The van der Waals surface area contributed by atoms with Gasteiger partial charge in [-0.25, -0.2) is 0 Å². The molecule has 0 amide bonds. The molecular formula is C38H48Cl2N3ORe-5. The van der Waals surface area contributed by atoms with Crippen LogP contribution in [0.4, 0.5) is 11.4 Å². The van der Waals surface area contributed by atoms with Crippen molar-refractivity contribution < 1.29 is 25.9 Å². The van der Waals surface area contributed by atoms with Gasteiger partial charge in [-0.05, 0) is 35.8 Å². The van der Waals surface area contributed by atoms with Crippen molar-refractivity contribution >= 4 is 34.6 Å². The Hall–Kier alpha value is -2.39. The number of alkyl halides is 2. The molecule has 0 unspecified atom stereocenters. The Bertz CT molecular complexity index is 1190. The molecule has 1 heterocycles. The summed E-state index contributed by atoms with van der Waals surface area (Å²) in [6, 6.07) is 31.9. The van der Waals surface area contributed by atoms with Gasteiger partial charge in [0, 0.05) is 31.8 Å². The second-order valence-corrected chi connectivity index (χ2v) is 12.4. The van der Waals surface area contributed by atoms with Gasteiger partial charge in [0.1, 0.15) is 0 Å². The maximum atomic E-state index is 5.06. The molecule has 4 nitrogen and oxygen atoms in total. The van der Waals surface area contributed by atoms with Crippen LogP contribution in [0.1, 0.15) is 113 Å². The first-order valence-corrected chi connectivity index (χ1v) is 16.3. The number of nitrogens with zero attached hydrogens (tertiary/aromatic N) is 3. The first kappa shape index (κ1) is 42.6. The van der Waals surface area contributed by atoms with E-state index in [-0.39, 0.29) is 31.2 Å². The number of aromatic nitrogens is 1. The van der Waals surface area contributed by atoms with E-state index in [1.54, 1.807) is 0 Å². The Morgan fingerprint density at radius 2 is 0.867 bits per heavy atom.